The monoisotopic (exact) mass is 379 g/mol. The van der Waals surface area contributed by atoms with Crippen molar-refractivity contribution in [1.82, 2.24) is 9.97 Å². The summed E-state index contributed by atoms with van der Waals surface area (Å²) in [5.41, 5.74) is 4.59. The van der Waals surface area contributed by atoms with E-state index in [-0.39, 0.29) is 4.83 Å². The summed E-state index contributed by atoms with van der Waals surface area (Å²) in [4.78, 5) is 8.97. The summed E-state index contributed by atoms with van der Waals surface area (Å²) < 4.78 is 0. The Morgan fingerprint density at radius 2 is 1.83 bits per heavy atom. The second kappa shape index (κ2) is 7.11. The standard InChI is InChI=1S/C20H18BrN3/c1-13(2)9-18(21)20-11-16(12-22)17-10-15(3-4-19(17)24-20)14-5-7-23-8-6-14/h3-8,10-11,13,18H,9H2,1-2H3. The molecule has 3 aromatic rings. The summed E-state index contributed by atoms with van der Waals surface area (Å²) in [6.45, 7) is 4.36. The van der Waals surface area contributed by atoms with Crippen molar-refractivity contribution in [3.05, 3.63) is 60.0 Å². The summed E-state index contributed by atoms with van der Waals surface area (Å²) in [5, 5.41) is 10.5. The van der Waals surface area contributed by atoms with Gasteiger partial charge in [-0.15, -0.1) is 0 Å². The van der Waals surface area contributed by atoms with Crippen LogP contribution >= 0.6 is 15.9 Å². The molecule has 1 unspecified atom stereocenters. The molecule has 0 spiro atoms. The molecule has 0 aliphatic heterocycles. The second-order valence-electron chi connectivity index (χ2n) is 6.27. The molecule has 0 bridgehead atoms. The van der Waals surface area contributed by atoms with Crippen LogP contribution in [0.2, 0.25) is 0 Å². The van der Waals surface area contributed by atoms with Gasteiger partial charge < -0.3 is 0 Å². The molecule has 0 aliphatic carbocycles. The van der Waals surface area contributed by atoms with Crippen LogP contribution in [0.3, 0.4) is 0 Å². The smallest absolute Gasteiger partial charge is 0.0999 e. The fourth-order valence-electron chi connectivity index (χ4n) is 2.76. The number of fused-ring (bicyclic) bond motifs is 1. The average molecular weight is 380 g/mol. The zero-order chi connectivity index (χ0) is 17.1. The van der Waals surface area contributed by atoms with Crippen molar-refractivity contribution in [2.24, 2.45) is 5.92 Å². The van der Waals surface area contributed by atoms with Crippen molar-refractivity contribution in [2.45, 2.75) is 25.1 Å². The van der Waals surface area contributed by atoms with Gasteiger partial charge in [-0.3, -0.25) is 9.97 Å². The first-order chi connectivity index (χ1) is 11.6. The molecule has 120 valence electrons. The third-order valence-corrected chi connectivity index (χ3v) is 4.80. The Balaban J connectivity index is 2.10. The lowest BCUT2D eigenvalue weighted by Crippen LogP contribution is -2.00. The van der Waals surface area contributed by atoms with E-state index in [1.807, 2.05) is 36.4 Å². The number of hydrogen-bond acceptors (Lipinski definition) is 3. The Labute approximate surface area is 150 Å². The number of nitriles is 1. The molecule has 0 amide bonds. The summed E-state index contributed by atoms with van der Waals surface area (Å²) in [5.74, 6) is 0.562. The van der Waals surface area contributed by atoms with Gasteiger partial charge in [-0.2, -0.15) is 5.26 Å². The molecule has 4 heteroatoms. The molecule has 1 aromatic carbocycles. The van der Waals surface area contributed by atoms with Gasteiger partial charge in [0, 0.05) is 17.8 Å². The Morgan fingerprint density at radius 3 is 2.50 bits per heavy atom. The lowest BCUT2D eigenvalue weighted by Gasteiger charge is -2.14. The van der Waals surface area contributed by atoms with Crippen molar-refractivity contribution < 1.29 is 0 Å². The highest BCUT2D eigenvalue weighted by Gasteiger charge is 2.15. The summed E-state index contributed by atoms with van der Waals surface area (Å²) >= 11 is 3.71. The zero-order valence-corrected chi connectivity index (χ0v) is 15.3. The molecule has 24 heavy (non-hydrogen) atoms. The quantitative estimate of drug-likeness (QED) is 0.550. The molecule has 0 fully saturated rings. The van der Waals surface area contributed by atoms with Crippen LogP contribution in [0.25, 0.3) is 22.0 Å². The highest BCUT2D eigenvalue weighted by molar-refractivity contribution is 9.09. The van der Waals surface area contributed by atoms with Crippen molar-refractivity contribution in [2.75, 3.05) is 0 Å². The minimum Gasteiger partial charge on any atom is -0.265 e. The number of pyridine rings is 2. The molecule has 2 heterocycles. The summed E-state index contributed by atoms with van der Waals surface area (Å²) in [6.07, 6.45) is 4.53. The van der Waals surface area contributed by atoms with E-state index in [1.165, 1.54) is 0 Å². The van der Waals surface area contributed by atoms with Crippen LogP contribution in [0.1, 0.15) is 36.4 Å². The minimum atomic E-state index is 0.161. The van der Waals surface area contributed by atoms with Gasteiger partial charge in [0.15, 0.2) is 0 Å². The molecule has 0 saturated heterocycles. The topological polar surface area (TPSA) is 49.6 Å². The number of benzene rings is 1. The maximum absolute atomic E-state index is 9.58. The van der Waals surface area contributed by atoms with Crippen molar-refractivity contribution in [1.29, 1.82) is 5.26 Å². The zero-order valence-electron chi connectivity index (χ0n) is 13.7. The fraction of sp³-hybridized carbons (Fsp3) is 0.250. The Morgan fingerprint density at radius 1 is 1.08 bits per heavy atom. The predicted molar refractivity (Wildman–Crippen MR) is 101 cm³/mol. The minimum absolute atomic E-state index is 0.161. The van der Waals surface area contributed by atoms with E-state index in [0.717, 1.165) is 34.1 Å². The highest BCUT2D eigenvalue weighted by atomic mass is 79.9. The molecule has 0 radical (unpaired) electrons. The van der Waals surface area contributed by atoms with Gasteiger partial charge >= 0.3 is 0 Å². The Kier molecular flexibility index (Phi) is 4.92. The number of alkyl halides is 1. The summed E-state index contributed by atoms with van der Waals surface area (Å²) in [7, 11) is 0. The second-order valence-corrected chi connectivity index (χ2v) is 7.38. The molecule has 0 aliphatic rings. The Bertz CT molecular complexity index is 898. The van der Waals surface area contributed by atoms with E-state index in [1.54, 1.807) is 12.4 Å². The van der Waals surface area contributed by atoms with E-state index < -0.39 is 0 Å². The summed E-state index contributed by atoms with van der Waals surface area (Å²) in [6, 6.07) is 14.2. The highest BCUT2D eigenvalue weighted by Crippen LogP contribution is 2.32. The van der Waals surface area contributed by atoms with Crippen molar-refractivity contribution in [3.8, 4) is 17.2 Å². The van der Waals surface area contributed by atoms with Crippen LogP contribution in [0.5, 0.6) is 0 Å². The van der Waals surface area contributed by atoms with E-state index in [4.69, 9.17) is 4.98 Å². The third-order valence-electron chi connectivity index (χ3n) is 3.96. The first kappa shape index (κ1) is 16.6. The maximum atomic E-state index is 9.58. The van der Waals surface area contributed by atoms with Gasteiger partial charge in [0.25, 0.3) is 0 Å². The van der Waals surface area contributed by atoms with Crippen LogP contribution in [0, 0.1) is 17.2 Å². The third kappa shape index (κ3) is 3.47. The van der Waals surface area contributed by atoms with Crippen LogP contribution in [0.15, 0.2) is 48.8 Å². The fourth-order valence-corrected chi connectivity index (χ4v) is 3.74. The first-order valence-electron chi connectivity index (χ1n) is 7.97. The predicted octanol–water partition coefficient (Wildman–Crippen LogP) is 5.65. The molecule has 3 nitrogen and oxygen atoms in total. The van der Waals surface area contributed by atoms with Crippen molar-refractivity contribution >= 4 is 26.8 Å². The van der Waals surface area contributed by atoms with E-state index >= 15 is 0 Å². The van der Waals surface area contributed by atoms with Crippen LogP contribution in [-0.2, 0) is 0 Å². The molecular formula is C20H18BrN3. The van der Waals surface area contributed by atoms with Crippen LogP contribution in [0.4, 0.5) is 0 Å². The first-order valence-corrected chi connectivity index (χ1v) is 8.89. The van der Waals surface area contributed by atoms with Gasteiger partial charge in [0.05, 0.1) is 27.7 Å². The van der Waals surface area contributed by atoms with Gasteiger partial charge in [0.1, 0.15) is 0 Å². The molecule has 0 saturated carbocycles. The molecule has 0 N–H and O–H groups in total. The number of hydrogen-bond donors (Lipinski definition) is 0. The van der Waals surface area contributed by atoms with E-state index in [9.17, 15) is 5.26 Å². The maximum Gasteiger partial charge on any atom is 0.0999 e. The number of halogens is 1. The normalized spacial score (nSPS) is 12.3. The van der Waals surface area contributed by atoms with Crippen LogP contribution in [-0.4, -0.2) is 9.97 Å². The van der Waals surface area contributed by atoms with Gasteiger partial charge in [-0.25, -0.2) is 0 Å². The number of aromatic nitrogens is 2. The largest absolute Gasteiger partial charge is 0.265 e. The average Bonchev–Trinajstić information content (AvgIpc) is 2.60. The van der Waals surface area contributed by atoms with E-state index in [0.29, 0.717) is 11.5 Å². The molecule has 2 aromatic heterocycles. The van der Waals surface area contributed by atoms with Crippen LogP contribution < -0.4 is 0 Å². The lowest BCUT2D eigenvalue weighted by molar-refractivity contribution is 0.579. The SMILES string of the molecule is CC(C)CC(Br)c1cc(C#N)c2cc(-c3ccncc3)ccc2n1. The van der Waals surface area contributed by atoms with Gasteiger partial charge in [0.2, 0.25) is 0 Å². The number of rotatable bonds is 4. The molecular weight excluding hydrogens is 362 g/mol. The Hall–Kier alpha value is -2.25. The van der Waals surface area contributed by atoms with Crippen molar-refractivity contribution in [3.63, 3.8) is 0 Å². The van der Waals surface area contributed by atoms with E-state index in [2.05, 4.69) is 40.8 Å². The van der Waals surface area contributed by atoms with Gasteiger partial charge in [-0.1, -0.05) is 35.8 Å². The number of nitrogens with zero attached hydrogens (tertiary/aromatic N) is 3. The molecule has 3 rings (SSSR count). The van der Waals surface area contributed by atoms with Gasteiger partial charge in [-0.05, 0) is 53.8 Å². The lowest BCUT2D eigenvalue weighted by atomic mass is 9.99. The molecule has 1 atom stereocenters.